The molecule has 0 bridgehead atoms. The molecule has 1 saturated heterocycles. The Bertz CT molecular complexity index is 1150. The molecule has 166 valence electrons. The van der Waals surface area contributed by atoms with E-state index in [1.165, 1.54) is 24.3 Å². The van der Waals surface area contributed by atoms with Crippen LogP contribution in [0.3, 0.4) is 0 Å². The van der Waals surface area contributed by atoms with Gasteiger partial charge in [-0.15, -0.1) is 0 Å². The highest BCUT2D eigenvalue weighted by Gasteiger charge is 2.38. The zero-order valence-corrected chi connectivity index (χ0v) is 18.6. The van der Waals surface area contributed by atoms with Gasteiger partial charge in [0.05, 0.1) is 5.69 Å². The lowest BCUT2D eigenvalue weighted by Gasteiger charge is -2.47. The van der Waals surface area contributed by atoms with Crippen molar-refractivity contribution in [2.45, 2.75) is 45.6 Å². The van der Waals surface area contributed by atoms with Gasteiger partial charge in [0.2, 0.25) is 0 Å². The second-order valence-corrected chi connectivity index (χ2v) is 8.89. The van der Waals surface area contributed by atoms with Gasteiger partial charge in [0.25, 0.3) is 11.8 Å². The largest absolute Gasteiger partial charge is 0.366 e. The molecule has 2 aromatic carbocycles. The van der Waals surface area contributed by atoms with E-state index in [0.717, 1.165) is 30.3 Å². The second kappa shape index (κ2) is 7.89. The Morgan fingerprint density at radius 2 is 1.84 bits per heavy atom. The minimum Gasteiger partial charge on any atom is -0.366 e. The Labute approximate surface area is 186 Å². The lowest BCUT2D eigenvalue weighted by atomic mass is 9.79. The maximum atomic E-state index is 14.3. The summed E-state index contributed by atoms with van der Waals surface area (Å²) in [5.41, 5.74) is 2.57. The number of imide groups is 2. The molecule has 2 aromatic rings. The van der Waals surface area contributed by atoms with Gasteiger partial charge in [0.15, 0.2) is 0 Å². The first-order chi connectivity index (χ1) is 15.1. The van der Waals surface area contributed by atoms with E-state index in [1.807, 2.05) is 18.2 Å². The fourth-order valence-corrected chi connectivity index (χ4v) is 4.87. The summed E-state index contributed by atoms with van der Waals surface area (Å²) in [6, 6.07) is 10.3. The number of hydrogen-bond acceptors (Lipinski definition) is 4. The fourth-order valence-electron chi connectivity index (χ4n) is 4.87. The Morgan fingerprint density at radius 1 is 1.12 bits per heavy atom. The molecule has 2 aliphatic heterocycles. The number of urea groups is 1. The first kappa shape index (κ1) is 21.7. The predicted molar refractivity (Wildman–Crippen MR) is 122 cm³/mol. The number of hydrogen-bond donors (Lipinski definition) is 1. The van der Waals surface area contributed by atoms with Gasteiger partial charge >= 0.3 is 6.03 Å². The minimum absolute atomic E-state index is 0.0288. The average molecular weight is 435 g/mol. The van der Waals surface area contributed by atoms with Crippen molar-refractivity contribution in [2.75, 3.05) is 16.3 Å². The number of rotatable bonds is 3. The molecule has 1 N–H and O–H groups in total. The highest BCUT2D eigenvalue weighted by molar-refractivity contribution is 6.39. The van der Waals surface area contributed by atoms with E-state index < -0.39 is 23.7 Å². The highest BCUT2D eigenvalue weighted by Crippen LogP contribution is 2.43. The van der Waals surface area contributed by atoms with E-state index in [9.17, 15) is 18.8 Å². The highest BCUT2D eigenvalue weighted by atomic mass is 19.1. The van der Waals surface area contributed by atoms with E-state index in [1.54, 1.807) is 0 Å². The number of para-hydroxylation sites is 1. The molecule has 7 heteroatoms. The quantitative estimate of drug-likeness (QED) is 0.565. The van der Waals surface area contributed by atoms with Crippen LogP contribution in [-0.2, 0) is 9.59 Å². The van der Waals surface area contributed by atoms with Gasteiger partial charge in [0.1, 0.15) is 11.4 Å². The predicted octanol–water partition coefficient (Wildman–Crippen LogP) is 4.60. The number of benzene rings is 2. The van der Waals surface area contributed by atoms with Crippen molar-refractivity contribution in [3.63, 3.8) is 0 Å². The molecule has 4 amide bonds. The SMILES string of the molecule is CCN1c2ccc(/C=C3\C(=O)NC(=O)N(c4ccccc4F)C3=O)cc2C(C)CC1(C)C. The van der Waals surface area contributed by atoms with E-state index in [-0.39, 0.29) is 16.8 Å². The van der Waals surface area contributed by atoms with Crippen LogP contribution in [0.2, 0.25) is 0 Å². The summed E-state index contributed by atoms with van der Waals surface area (Å²) in [5.74, 6) is -2.08. The molecular formula is C25H26FN3O3. The Balaban J connectivity index is 1.74. The molecule has 1 atom stereocenters. The molecule has 1 fully saturated rings. The van der Waals surface area contributed by atoms with E-state index in [2.05, 4.69) is 37.9 Å². The number of halogens is 1. The van der Waals surface area contributed by atoms with Crippen LogP contribution in [0.15, 0.2) is 48.0 Å². The standard InChI is InChI=1S/C25H26FN3O3/c1-5-28-20-11-10-16(12-17(20)15(2)14-25(28,3)4)13-18-22(30)27-24(32)29(23(18)31)21-9-7-6-8-19(21)26/h6-13,15H,5,14H2,1-4H3,(H,27,30,32)/b18-13+. The van der Waals surface area contributed by atoms with Crippen LogP contribution >= 0.6 is 0 Å². The van der Waals surface area contributed by atoms with Crippen molar-refractivity contribution >= 4 is 35.3 Å². The van der Waals surface area contributed by atoms with Gasteiger partial charge in [-0.05, 0) is 74.6 Å². The third kappa shape index (κ3) is 3.57. The van der Waals surface area contributed by atoms with Crippen molar-refractivity contribution < 1.29 is 18.8 Å². The van der Waals surface area contributed by atoms with Crippen molar-refractivity contribution in [1.29, 1.82) is 0 Å². The number of amides is 4. The van der Waals surface area contributed by atoms with E-state index >= 15 is 0 Å². The van der Waals surface area contributed by atoms with Crippen LogP contribution in [0.1, 0.15) is 51.2 Å². The fraction of sp³-hybridized carbons (Fsp3) is 0.320. The third-order valence-electron chi connectivity index (χ3n) is 6.23. The number of fused-ring (bicyclic) bond motifs is 1. The molecule has 0 aromatic heterocycles. The molecule has 4 rings (SSSR count). The monoisotopic (exact) mass is 435 g/mol. The van der Waals surface area contributed by atoms with Crippen LogP contribution in [0.5, 0.6) is 0 Å². The minimum atomic E-state index is -0.970. The molecule has 32 heavy (non-hydrogen) atoms. The first-order valence-electron chi connectivity index (χ1n) is 10.7. The zero-order valence-electron chi connectivity index (χ0n) is 18.6. The molecule has 2 aliphatic rings. The number of nitrogens with one attached hydrogen (secondary N) is 1. The van der Waals surface area contributed by atoms with Gasteiger partial charge < -0.3 is 4.90 Å². The van der Waals surface area contributed by atoms with Crippen LogP contribution in [0.4, 0.5) is 20.6 Å². The Kier molecular flexibility index (Phi) is 5.36. The van der Waals surface area contributed by atoms with Gasteiger partial charge in [-0.2, -0.15) is 0 Å². The number of carbonyl (C=O) groups is 3. The molecule has 0 saturated carbocycles. The van der Waals surface area contributed by atoms with E-state index in [4.69, 9.17) is 0 Å². The Morgan fingerprint density at radius 3 is 2.53 bits per heavy atom. The van der Waals surface area contributed by atoms with Crippen molar-refractivity contribution in [3.8, 4) is 0 Å². The van der Waals surface area contributed by atoms with Gasteiger partial charge in [-0.1, -0.05) is 25.1 Å². The summed E-state index contributed by atoms with van der Waals surface area (Å²) in [5, 5.41) is 2.14. The molecule has 1 unspecified atom stereocenters. The average Bonchev–Trinajstić information content (AvgIpc) is 2.72. The number of barbiturate groups is 1. The molecule has 0 radical (unpaired) electrons. The number of anilines is 2. The first-order valence-corrected chi connectivity index (χ1v) is 10.7. The summed E-state index contributed by atoms with van der Waals surface area (Å²) in [7, 11) is 0. The van der Waals surface area contributed by atoms with Crippen molar-refractivity contribution in [2.24, 2.45) is 0 Å². The van der Waals surface area contributed by atoms with Crippen LogP contribution in [0, 0.1) is 5.82 Å². The van der Waals surface area contributed by atoms with Crippen LogP contribution < -0.4 is 15.1 Å². The normalized spacial score (nSPS) is 21.6. The van der Waals surface area contributed by atoms with Crippen molar-refractivity contribution in [1.82, 2.24) is 5.32 Å². The van der Waals surface area contributed by atoms with E-state index in [0.29, 0.717) is 16.4 Å². The maximum absolute atomic E-state index is 14.3. The topological polar surface area (TPSA) is 69.7 Å². The summed E-state index contributed by atoms with van der Waals surface area (Å²) in [6.07, 6.45) is 2.43. The second-order valence-electron chi connectivity index (χ2n) is 8.89. The zero-order chi connectivity index (χ0) is 23.2. The third-order valence-corrected chi connectivity index (χ3v) is 6.23. The molecule has 0 aliphatic carbocycles. The van der Waals surface area contributed by atoms with Gasteiger partial charge in [-0.3, -0.25) is 14.9 Å². The lowest BCUT2D eigenvalue weighted by molar-refractivity contribution is -0.122. The lowest BCUT2D eigenvalue weighted by Crippen LogP contribution is -2.54. The number of nitrogens with zero attached hydrogens (tertiary/aromatic N) is 2. The number of carbonyl (C=O) groups excluding carboxylic acids is 3. The maximum Gasteiger partial charge on any atom is 0.336 e. The summed E-state index contributed by atoms with van der Waals surface area (Å²) < 4.78 is 14.3. The van der Waals surface area contributed by atoms with Crippen molar-refractivity contribution in [3.05, 3.63) is 65.0 Å². The Hall–Kier alpha value is -3.48. The molecule has 6 nitrogen and oxygen atoms in total. The van der Waals surface area contributed by atoms with Gasteiger partial charge in [0, 0.05) is 17.8 Å². The summed E-state index contributed by atoms with van der Waals surface area (Å²) >= 11 is 0. The molecular weight excluding hydrogens is 409 g/mol. The molecule has 2 heterocycles. The summed E-state index contributed by atoms with van der Waals surface area (Å²) in [4.78, 5) is 40.8. The smallest absolute Gasteiger partial charge is 0.336 e. The van der Waals surface area contributed by atoms with Crippen LogP contribution in [0.25, 0.3) is 6.08 Å². The van der Waals surface area contributed by atoms with Crippen LogP contribution in [-0.4, -0.2) is 29.9 Å². The molecule has 0 spiro atoms. The van der Waals surface area contributed by atoms with Gasteiger partial charge in [-0.25, -0.2) is 14.1 Å². The summed E-state index contributed by atoms with van der Waals surface area (Å²) in [6.45, 7) is 9.61.